The number of thiazole rings is 2. The molecule has 0 aliphatic rings. The number of alkyl halides is 1. The van der Waals surface area contributed by atoms with Crippen LogP contribution in [0.1, 0.15) is 29.9 Å². The Labute approximate surface area is 313 Å². The van der Waals surface area contributed by atoms with E-state index in [1.807, 2.05) is 29.0 Å². The summed E-state index contributed by atoms with van der Waals surface area (Å²) in [6.45, 7) is 3.36. The van der Waals surface area contributed by atoms with Gasteiger partial charge < -0.3 is 15.2 Å². The van der Waals surface area contributed by atoms with E-state index in [4.69, 9.17) is 23.2 Å². The first-order valence-corrected chi connectivity index (χ1v) is 21.0. The Morgan fingerprint density at radius 2 is 1.24 bits per heavy atom. The maximum atomic E-state index is 12.7. The Kier molecular flexibility index (Phi) is 12.3. The molecule has 3 aromatic carbocycles. The van der Waals surface area contributed by atoms with Crippen molar-refractivity contribution in [1.29, 1.82) is 0 Å². The van der Waals surface area contributed by atoms with E-state index in [0.717, 1.165) is 10.9 Å². The third-order valence-corrected chi connectivity index (χ3v) is 13.0. The van der Waals surface area contributed by atoms with Crippen LogP contribution in [0, 0.1) is 0 Å². The third-order valence-electron chi connectivity index (χ3n) is 7.40. The minimum absolute atomic E-state index is 0.130. The van der Waals surface area contributed by atoms with Gasteiger partial charge in [-0.2, -0.15) is 0 Å². The van der Waals surface area contributed by atoms with Crippen LogP contribution in [-0.4, -0.2) is 48.6 Å². The molecule has 0 spiro atoms. The number of amides is 2. The predicted octanol–water partition coefficient (Wildman–Crippen LogP) is 7.61. The first-order valence-electron chi connectivity index (χ1n) is 15.2. The van der Waals surface area contributed by atoms with Gasteiger partial charge in [0, 0.05) is 56.7 Å². The Balaban J connectivity index is 0.000000211. The van der Waals surface area contributed by atoms with Crippen LogP contribution in [0.4, 0.5) is 11.4 Å². The Hall–Kier alpha value is -4.12. The van der Waals surface area contributed by atoms with E-state index in [2.05, 4.69) is 20.6 Å². The monoisotopic (exact) mass is 803 g/mol. The number of fused-ring (bicyclic) bond motifs is 1. The zero-order valence-electron chi connectivity index (χ0n) is 27.1. The third kappa shape index (κ3) is 10.0. The summed E-state index contributed by atoms with van der Waals surface area (Å²) in [5, 5.41) is 10.9. The van der Waals surface area contributed by atoms with Gasteiger partial charge in [-0.1, -0.05) is 11.6 Å². The van der Waals surface area contributed by atoms with Crippen LogP contribution in [0.25, 0.3) is 10.9 Å². The molecule has 0 aliphatic carbocycles. The van der Waals surface area contributed by atoms with Gasteiger partial charge in [-0.3, -0.25) is 9.59 Å². The van der Waals surface area contributed by atoms with E-state index in [-0.39, 0.29) is 33.1 Å². The normalized spacial score (nSPS) is 12.8. The lowest BCUT2D eigenvalue weighted by Gasteiger charge is -2.16. The van der Waals surface area contributed by atoms with Crippen LogP contribution in [0.5, 0.6) is 0 Å². The molecule has 2 N–H and O–H groups in total. The number of hydrogen-bond acceptors (Lipinski definition) is 10. The Morgan fingerprint density at radius 1 is 0.745 bits per heavy atom. The highest BCUT2D eigenvalue weighted by molar-refractivity contribution is 7.91. The molecule has 2 atom stereocenters. The first-order chi connectivity index (χ1) is 24.2. The van der Waals surface area contributed by atoms with Crippen LogP contribution < -0.4 is 10.6 Å². The molecule has 2 unspecified atom stereocenters. The molecule has 51 heavy (non-hydrogen) atoms. The minimum atomic E-state index is -3.49. The molecule has 2 amide bonds. The summed E-state index contributed by atoms with van der Waals surface area (Å²) in [6.07, 6.45) is 5.00. The highest BCUT2D eigenvalue weighted by atomic mass is 35.5. The summed E-state index contributed by atoms with van der Waals surface area (Å²) in [4.78, 5) is 32.5. The fraction of sp³-hybridized carbons (Fsp3) is 0.176. The van der Waals surface area contributed by atoms with Gasteiger partial charge in [0.25, 0.3) is 0 Å². The second-order valence-corrected chi connectivity index (χ2v) is 18.1. The average Bonchev–Trinajstić information content (AvgIpc) is 3.88. The van der Waals surface area contributed by atoms with Crippen molar-refractivity contribution >= 4 is 99.6 Å². The number of carbonyl (C=O) groups excluding carboxylic acids is 2. The molecule has 0 fully saturated rings. The van der Waals surface area contributed by atoms with Gasteiger partial charge in [0.05, 0.1) is 9.79 Å². The summed E-state index contributed by atoms with van der Waals surface area (Å²) >= 11 is 14.3. The molecule has 6 rings (SSSR count). The second-order valence-electron chi connectivity index (χ2n) is 11.1. The molecule has 0 bridgehead atoms. The van der Waals surface area contributed by atoms with Crippen molar-refractivity contribution in [2.24, 2.45) is 0 Å². The van der Waals surface area contributed by atoms with Gasteiger partial charge in [0.15, 0.2) is 19.7 Å². The average molecular weight is 805 g/mol. The van der Waals surface area contributed by atoms with Crippen LogP contribution in [0.2, 0.25) is 5.02 Å². The first kappa shape index (κ1) is 38.1. The van der Waals surface area contributed by atoms with Crippen molar-refractivity contribution in [2.45, 2.75) is 46.6 Å². The van der Waals surface area contributed by atoms with E-state index >= 15 is 0 Å². The number of benzene rings is 3. The zero-order chi connectivity index (χ0) is 36.8. The SMILES string of the molecule is CC(C(=O)Nc1ccc(S(=O)(=O)Cc2nccs2)cc1)n1ccc2cc(Cl)ccc21.CC(Cl)C(=O)Nc1ccc(S(=O)(=O)Cc2nccs2)cc1. The van der Waals surface area contributed by atoms with Crippen LogP contribution in [0.3, 0.4) is 0 Å². The molecule has 11 nitrogen and oxygen atoms in total. The summed E-state index contributed by atoms with van der Waals surface area (Å²) in [5.41, 5.74) is 1.94. The van der Waals surface area contributed by atoms with Crippen molar-refractivity contribution in [1.82, 2.24) is 14.5 Å². The molecule has 0 aliphatic heterocycles. The van der Waals surface area contributed by atoms with Gasteiger partial charge in [0.1, 0.15) is 32.9 Å². The molecule has 0 radical (unpaired) electrons. The van der Waals surface area contributed by atoms with Crippen molar-refractivity contribution in [3.8, 4) is 0 Å². The number of nitrogens with zero attached hydrogens (tertiary/aromatic N) is 3. The number of carbonyl (C=O) groups is 2. The topological polar surface area (TPSA) is 157 Å². The zero-order valence-corrected chi connectivity index (χ0v) is 31.8. The highest BCUT2D eigenvalue weighted by Crippen LogP contribution is 2.25. The summed E-state index contributed by atoms with van der Waals surface area (Å²) in [6, 6.07) is 19.1. The standard InChI is InChI=1S/C21H18ClN3O3S2.C13H13ClN2O3S2/c1-14(25-10-8-15-12-16(22)2-7-19(15)25)21(26)24-17-3-5-18(6-4-17)30(27,28)13-20-23-9-11-29-20;1-9(14)13(17)16-10-2-4-11(5-3-10)21(18,19)8-12-15-6-7-20-12/h2-12,14H,13H2,1H3,(H,24,26);2-7,9H,8H2,1H3,(H,16,17). The number of rotatable bonds is 11. The van der Waals surface area contributed by atoms with E-state index in [1.165, 1.54) is 59.1 Å². The highest BCUT2D eigenvalue weighted by Gasteiger charge is 2.20. The second kappa shape index (κ2) is 16.5. The predicted molar refractivity (Wildman–Crippen MR) is 203 cm³/mol. The van der Waals surface area contributed by atoms with Crippen LogP contribution in [0.15, 0.2) is 112 Å². The van der Waals surface area contributed by atoms with Gasteiger partial charge in [0.2, 0.25) is 11.8 Å². The lowest BCUT2D eigenvalue weighted by atomic mass is 10.2. The number of aromatic nitrogens is 3. The maximum Gasteiger partial charge on any atom is 0.247 e. The molecule has 266 valence electrons. The fourth-order valence-corrected chi connectivity index (χ4v) is 9.46. The van der Waals surface area contributed by atoms with Crippen LogP contribution in [-0.2, 0) is 40.8 Å². The summed E-state index contributed by atoms with van der Waals surface area (Å²) in [5.74, 6) is -0.816. The molecular weight excluding hydrogens is 774 g/mol. The number of hydrogen-bond donors (Lipinski definition) is 2. The van der Waals surface area contributed by atoms with Crippen molar-refractivity contribution < 1.29 is 26.4 Å². The molecule has 3 heterocycles. The lowest BCUT2D eigenvalue weighted by molar-refractivity contribution is -0.118. The van der Waals surface area contributed by atoms with E-state index < -0.39 is 31.1 Å². The number of nitrogens with one attached hydrogen (secondary N) is 2. The van der Waals surface area contributed by atoms with Gasteiger partial charge in [-0.25, -0.2) is 26.8 Å². The molecular formula is C34H31Cl2N5O6S4. The largest absolute Gasteiger partial charge is 0.335 e. The molecule has 17 heteroatoms. The van der Waals surface area contributed by atoms with E-state index in [9.17, 15) is 26.4 Å². The smallest absolute Gasteiger partial charge is 0.247 e. The number of anilines is 2. The quantitative estimate of drug-likeness (QED) is 0.127. The summed E-state index contributed by atoms with van der Waals surface area (Å²) in [7, 11) is -6.92. The fourth-order valence-electron chi connectivity index (χ4n) is 4.72. The summed E-state index contributed by atoms with van der Waals surface area (Å²) < 4.78 is 51.3. The van der Waals surface area contributed by atoms with Crippen molar-refractivity contribution in [3.63, 3.8) is 0 Å². The van der Waals surface area contributed by atoms with Gasteiger partial charge >= 0.3 is 0 Å². The van der Waals surface area contributed by atoms with Gasteiger partial charge in [-0.15, -0.1) is 34.3 Å². The van der Waals surface area contributed by atoms with Crippen molar-refractivity contribution in [2.75, 3.05) is 10.6 Å². The van der Waals surface area contributed by atoms with Crippen LogP contribution >= 0.6 is 45.9 Å². The number of sulfone groups is 2. The van der Waals surface area contributed by atoms with E-state index in [0.29, 0.717) is 26.4 Å². The lowest BCUT2D eigenvalue weighted by Crippen LogP contribution is -2.23. The minimum Gasteiger partial charge on any atom is -0.335 e. The maximum absolute atomic E-state index is 12.7. The molecule has 0 saturated heterocycles. The Morgan fingerprint density at radius 3 is 1.69 bits per heavy atom. The molecule has 6 aromatic rings. The Bertz CT molecular complexity index is 2330. The molecule has 0 saturated carbocycles. The van der Waals surface area contributed by atoms with Gasteiger partial charge in [-0.05, 0) is 86.6 Å². The van der Waals surface area contributed by atoms with Crippen molar-refractivity contribution in [3.05, 3.63) is 117 Å². The molecule has 3 aromatic heterocycles. The van der Waals surface area contributed by atoms with E-state index in [1.54, 1.807) is 55.2 Å². The number of halogens is 2.